The average molecular weight is 311 g/mol. The zero-order chi connectivity index (χ0) is 13.9. The quantitative estimate of drug-likeness (QED) is 0.838. The maximum atomic E-state index is 11.4. The summed E-state index contributed by atoms with van der Waals surface area (Å²) < 4.78 is 24.4. The van der Waals surface area contributed by atoms with Crippen molar-refractivity contribution in [3.63, 3.8) is 0 Å². The Kier molecular flexibility index (Phi) is 4.84. The van der Waals surface area contributed by atoms with Gasteiger partial charge in [-0.25, -0.2) is 8.42 Å². The van der Waals surface area contributed by atoms with Crippen LogP contribution in [0.1, 0.15) is 6.92 Å². The van der Waals surface area contributed by atoms with Crippen molar-refractivity contribution in [1.29, 1.82) is 0 Å². The fourth-order valence-corrected chi connectivity index (χ4v) is 1.91. The van der Waals surface area contributed by atoms with E-state index in [-0.39, 0.29) is 0 Å². The van der Waals surface area contributed by atoms with E-state index in [0.717, 1.165) is 6.26 Å². The molecule has 0 aromatic heterocycles. The first-order valence-electron chi connectivity index (χ1n) is 4.91. The number of halogens is 2. The maximum Gasteiger partial charge on any atom is 0.242 e. The zero-order valence-corrected chi connectivity index (χ0v) is 12.0. The van der Waals surface area contributed by atoms with Gasteiger partial charge in [0.05, 0.1) is 22.7 Å². The molecule has 0 saturated heterocycles. The lowest BCUT2D eigenvalue weighted by Gasteiger charge is -2.11. The van der Waals surface area contributed by atoms with Crippen LogP contribution in [0.3, 0.4) is 0 Å². The van der Waals surface area contributed by atoms with Gasteiger partial charge in [0, 0.05) is 0 Å². The lowest BCUT2D eigenvalue weighted by atomic mass is 10.2. The van der Waals surface area contributed by atoms with Gasteiger partial charge in [-0.1, -0.05) is 11.6 Å². The van der Waals surface area contributed by atoms with Crippen LogP contribution in [0.15, 0.2) is 18.2 Å². The third-order valence-electron chi connectivity index (χ3n) is 1.89. The number of hydrogen-bond acceptors (Lipinski definition) is 3. The SMILES string of the molecule is CC(Cl)C(=O)Nc1cc(NS(C)(=O)=O)ccc1Cl. The molecule has 2 N–H and O–H groups in total. The highest BCUT2D eigenvalue weighted by molar-refractivity contribution is 7.92. The molecule has 1 aromatic carbocycles. The lowest BCUT2D eigenvalue weighted by Crippen LogP contribution is -2.20. The van der Waals surface area contributed by atoms with Gasteiger partial charge in [0.1, 0.15) is 5.38 Å². The number of alkyl halides is 1. The van der Waals surface area contributed by atoms with Crippen LogP contribution in [-0.2, 0) is 14.8 Å². The number of benzene rings is 1. The summed E-state index contributed by atoms with van der Waals surface area (Å²) in [5, 5.41) is 2.07. The fourth-order valence-electron chi connectivity index (χ4n) is 1.13. The Morgan fingerprint density at radius 2 is 2.00 bits per heavy atom. The Balaban J connectivity index is 2.98. The molecule has 8 heteroatoms. The van der Waals surface area contributed by atoms with E-state index in [9.17, 15) is 13.2 Å². The van der Waals surface area contributed by atoms with Crippen LogP contribution in [0.25, 0.3) is 0 Å². The Labute approximate surface area is 116 Å². The van der Waals surface area contributed by atoms with Gasteiger partial charge >= 0.3 is 0 Å². The van der Waals surface area contributed by atoms with Crippen LogP contribution in [0.4, 0.5) is 11.4 Å². The molecule has 0 aliphatic carbocycles. The summed E-state index contributed by atoms with van der Waals surface area (Å²) >= 11 is 11.5. The molecule has 18 heavy (non-hydrogen) atoms. The first-order chi connectivity index (χ1) is 8.19. The van der Waals surface area contributed by atoms with Crippen molar-refractivity contribution < 1.29 is 13.2 Å². The molecule has 1 unspecified atom stereocenters. The molecule has 0 bridgehead atoms. The van der Waals surface area contributed by atoms with E-state index in [0.29, 0.717) is 16.4 Å². The monoisotopic (exact) mass is 310 g/mol. The molecule has 100 valence electrons. The smallest absolute Gasteiger partial charge is 0.242 e. The van der Waals surface area contributed by atoms with E-state index < -0.39 is 21.3 Å². The van der Waals surface area contributed by atoms with Gasteiger partial charge in [0.15, 0.2) is 0 Å². The Morgan fingerprint density at radius 3 is 2.50 bits per heavy atom. The molecule has 1 amide bonds. The summed E-state index contributed by atoms with van der Waals surface area (Å²) in [5.74, 6) is -0.421. The van der Waals surface area contributed by atoms with Gasteiger partial charge in [0.25, 0.3) is 0 Å². The first-order valence-corrected chi connectivity index (χ1v) is 7.62. The van der Waals surface area contributed by atoms with Gasteiger partial charge in [-0.15, -0.1) is 11.6 Å². The van der Waals surface area contributed by atoms with E-state index in [1.165, 1.54) is 25.1 Å². The highest BCUT2D eigenvalue weighted by Gasteiger charge is 2.12. The molecule has 0 heterocycles. The summed E-state index contributed by atoms with van der Waals surface area (Å²) in [6.45, 7) is 1.52. The van der Waals surface area contributed by atoms with E-state index in [1.54, 1.807) is 0 Å². The van der Waals surface area contributed by atoms with Gasteiger partial charge < -0.3 is 5.32 Å². The number of sulfonamides is 1. The summed E-state index contributed by atoms with van der Waals surface area (Å²) in [4.78, 5) is 11.4. The van der Waals surface area contributed by atoms with Gasteiger partial charge in [-0.3, -0.25) is 9.52 Å². The van der Waals surface area contributed by atoms with Crippen LogP contribution < -0.4 is 10.0 Å². The van der Waals surface area contributed by atoms with Crippen molar-refractivity contribution >= 4 is 50.5 Å². The van der Waals surface area contributed by atoms with E-state index in [4.69, 9.17) is 23.2 Å². The van der Waals surface area contributed by atoms with Crippen molar-refractivity contribution in [2.24, 2.45) is 0 Å². The Hall–Kier alpha value is -0.980. The second kappa shape index (κ2) is 5.77. The standard InChI is InChI=1S/C10H12Cl2N2O3S/c1-6(11)10(15)13-9-5-7(3-4-8(9)12)14-18(2,16)17/h3-6,14H,1-2H3,(H,13,15). The van der Waals surface area contributed by atoms with Crippen molar-refractivity contribution in [2.45, 2.75) is 12.3 Å². The topological polar surface area (TPSA) is 75.3 Å². The van der Waals surface area contributed by atoms with Crippen molar-refractivity contribution in [2.75, 3.05) is 16.3 Å². The summed E-state index contributed by atoms with van der Waals surface area (Å²) in [5.41, 5.74) is 0.599. The molecule has 0 aliphatic rings. The highest BCUT2D eigenvalue weighted by atomic mass is 35.5. The molecule has 0 spiro atoms. The molecular formula is C10H12Cl2N2O3S. The first kappa shape index (κ1) is 15.1. The molecule has 0 aliphatic heterocycles. The van der Waals surface area contributed by atoms with Crippen LogP contribution in [-0.4, -0.2) is 26.0 Å². The summed E-state index contributed by atoms with van der Waals surface area (Å²) in [6, 6.07) is 4.38. The van der Waals surface area contributed by atoms with Crippen LogP contribution in [0.2, 0.25) is 5.02 Å². The molecule has 1 rings (SSSR count). The van der Waals surface area contributed by atoms with Crippen molar-refractivity contribution in [1.82, 2.24) is 0 Å². The Morgan fingerprint density at radius 1 is 1.39 bits per heavy atom. The molecule has 1 atom stereocenters. The number of nitrogens with one attached hydrogen (secondary N) is 2. The minimum atomic E-state index is -3.38. The van der Waals surface area contributed by atoms with Crippen LogP contribution in [0, 0.1) is 0 Å². The van der Waals surface area contributed by atoms with Gasteiger partial charge in [-0.05, 0) is 25.1 Å². The largest absolute Gasteiger partial charge is 0.323 e. The predicted octanol–water partition coefficient (Wildman–Crippen LogP) is 2.28. The number of anilines is 2. The number of carbonyl (C=O) groups excluding carboxylic acids is 1. The van der Waals surface area contributed by atoms with Crippen LogP contribution in [0.5, 0.6) is 0 Å². The second-order valence-electron chi connectivity index (χ2n) is 3.67. The third-order valence-corrected chi connectivity index (χ3v) is 3.02. The van der Waals surface area contributed by atoms with E-state index in [2.05, 4.69) is 10.0 Å². The lowest BCUT2D eigenvalue weighted by molar-refractivity contribution is -0.115. The number of amides is 1. The van der Waals surface area contributed by atoms with Gasteiger partial charge in [0.2, 0.25) is 15.9 Å². The number of carbonyl (C=O) groups is 1. The minimum absolute atomic E-state index is 0.291. The average Bonchev–Trinajstić information content (AvgIpc) is 2.20. The summed E-state index contributed by atoms with van der Waals surface area (Å²) in [6.07, 6.45) is 1.03. The molecular weight excluding hydrogens is 299 g/mol. The molecule has 0 fully saturated rings. The predicted molar refractivity (Wildman–Crippen MR) is 73.9 cm³/mol. The van der Waals surface area contributed by atoms with E-state index in [1.807, 2.05) is 0 Å². The zero-order valence-electron chi connectivity index (χ0n) is 9.70. The van der Waals surface area contributed by atoms with Gasteiger partial charge in [-0.2, -0.15) is 0 Å². The van der Waals surface area contributed by atoms with Crippen molar-refractivity contribution in [3.05, 3.63) is 23.2 Å². The van der Waals surface area contributed by atoms with E-state index >= 15 is 0 Å². The third kappa shape index (κ3) is 4.72. The molecule has 0 radical (unpaired) electrons. The number of rotatable bonds is 4. The summed E-state index contributed by atoms with van der Waals surface area (Å²) in [7, 11) is -3.38. The van der Waals surface area contributed by atoms with Crippen LogP contribution >= 0.6 is 23.2 Å². The molecule has 1 aromatic rings. The van der Waals surface area contributed by atoms with Crippen molar-refractivity contribution in [3.8, 4) is 0 Å². The maximum absolute atomic E-state index is 11.4. The highest BCUT2D eigenvalue weighted by Crippen LogP contribution is 2.26. The minimum Gasteiger partial charge on any atom is -0.323 e. The molecule has 0 saturated carbocycles. The normalized spacial score (nSPS) is 12.9. The molecule has 5 nitrogen and oxygen atoms in total. The Bertz CT molecular complexity index is 558. The fraction of sp³-hybridized carbons (Fsp3) is 0.300. The second-order valence-corrected chi connectivity index (χ2v) is 6.48. The number of hydrogen-bond donors (Lipinski definition) is 2.